The number of alkyl halides is 1. The molecule has 0 saturated heterocycles. The largest absolute Gasteiger partial charge is 0.322 e. The van der Waals surface area contributed by atoms with Crippen molar-refractivity contribution in [1.29, 1.82) is 0 Å². The molecule has 1 N–H and O–H groups in total. The summed E-state index contributed by atoms with van der Waals surface area (Å²) in [6.07, 6.45) is 1.77. The minimum absolute atomic E-state index is 0.0274. The molecule has 0 spiro atoms. The van der Waals surface area contributed by atoms with Gasteiger partial charge in [-0.3, -0.25) is 9.59 Å². The van der Waals surface area contributed by atoms with E-state index in [0.29, 0.717) is 5.56 Å². The van der Waals surface area contributed by atoms with Crippen LogP contribution in [-0.2, 0) is 6.42 Å². The zero-order chi connectivity index (χ0) is 13.1. The highest BCUT2D eigenvalue weighted by molar-refractivity contribution is 6.30. The summed E-state index contributed by atoms with van der Waals surface area (Å²) in [5.41, 5.74) is 2.28. The number of H-pyrrole nitrogens is 1. The van der Waals surface area contributed by atoms with Gasteiger partial charge in [0, 0.05) is 11.6 Å². The first-order valence-electron chi connectivity index (χ1n) is 5.91. The molecule has 0 aliphatic heterocycles. The van der Waals surface area contributed by atoms with Gasteiger partial charge in [-0.1, -0.05) is 13.3 Å². The quantitative estimate of drug-likeness (QED) is 0.681. The van der Waals surface area contributed by atoms with Crippen LogP contribution in [-0.4, -0.2) is 16.6 Å². The summed E-state index contributed by atoms with van der Waals surface area (Å²) >= 11 is 5.58. The van der Waals surface area contributed by atoms with Crippen LogP contribution in [0.2, 0.25) is 0 Å². The van der Waals surface area contributed by atoms with Gasteiger partial charge in [0.2, 0.25) is 5.56 Å². The summed E-state index contributed by atoms with van der Waals surface area (Å²) < 4.78 is 0. The predicted octanol–water partition coefficient (Wildman–Crippen LogP) is 2.90. The van der Waals surface area contributed by atoms with Crippen molar-refractivity contribution in [2.24, 2.45) is 0 Å². The van der Waals surface area contributed by atoms with E-state index in [0.717, 1.165) is 29.3 Å². The van der Waals surface area contributed by atoms with Gasteiger partial charge < -0.3 is 4.98 Å². The molecule has 0 saturated carbocycles. The third-order valence-corrected chi connectivity index (χ3v) is 3.12. The highest BCUT2D eigenvalue weighted by atomic mass is 35.5. The lowest BCUT2D eigenvalue weighted by Gasteiger charge is -2.08. The van der Waals surface area contributed by atoms with Gasteiger partial charge in [0.25, 0.3) is 0 Å². The zero-order valence-corrected chi connectivity index (χ0v) is 10.9. The van der Waals surface area contributed by atoms with E-state index < -0.39 is 0 Å². The number of aryl methyl sites for hydroxylation is 1. The van der Waals surface area contributed by atoms with Gasteiger partial charge in [0.1, 0.15) is 0 Å². The summed E-state index contributed by atoms with van der Waals surface area (Å²) in [7, 11) is 0. The second-order valence-corrected chi connectivity index (χ2v) is 4.50. The molecule has 0 aliphatic carbocycles. The van der Waals surface area contributed by atoms with Crippen LogP contribution in [0.3, 0.4) is 0 Å². The number of aromatic amines is 1. The van der Waals surface area contributed by atoms with Gasteiger partial charge in [-0.25, -0.2) is 0 Å². The Kier molecular flexibility index (Phi) is 3.82. The van der Waals surface area contributed by atoms with Gasteiger partial charge in [-0.2, -0.15) is 0 Å². The Morgan fingerprint density at radius 1 is 1.33 bits per heavy atom. The summed E-state index contributed by atoms with van der Waals surface area (Å²) in [5.74, 6) is -0.123. The molecule has 4 heteroatoms. The van der Waals surface area contributed by atoms with Crippen LogP contribution in [0.4, 0.5) is 0 Å². The second-order valence-electron chi connectivity index (χ2n) is 4.23. The molecule has 0 bridgehead atoms. The molecule has 18 heavy (non-hydrogen) atoms. The van der Waals surface area contributed by atoms with Crippen LogP contribution in [0.15, 0.2) is 29.1 Å². The number of halogens is 1. The van der Waals surface area contributed by atoms with Crippen LogP contribution < -0.4 is 5.56 Å². The molecule has 0 amide bonds. The molecule has 3 nitrogen and oxygen atoms in total. The molecule has 0 radical (unpaired) electrons. The molecular weight excluding hydrogens is 250 g/mol. The third kappa shape index (κ3) is 2.46. The number of carbonyl (C=O) groups is 1. The average Bonchev–Trinajstić information content (AvgIpc) is 2.38. The minimum atomic E-state index is -0.128. The van der Waals surface area contributed by atoms with Gasteiger partial charge in [0.15, 0.2) is 5.78 Å². The topological polar surface area (TPSA) is 49.9 Å². The first-order valence-corrected chi connectivity index (χ1v) is 6.44. The fourth-order valence-corrected chi connectivity index (χ4v) is 2.20. The molecular formula is C14H14ClNO2. The Labute approximate surface area is 110 Å². The fraction of sp³-hybridized carbons (Fsp3) is 0.286. The predicted molar refractivity (Wildman–Crippen MR) is 73.6 cm³/mol. The molecule has 1 heterocycles. The van der Waals surface area contributed by atoms with Crippen LogP contribution >= 0.6 is 11.6 Å². The van der Waals surface area contributed by atoms with Crippen LogP contribution in [0.5, 0.6) is 0 Å². The number of Topliss-reactive ketones (excluding diaryl/α,β-unsaturated/α-hetero) is 1. The van der Waals surface area contributed by atoms with Gasteiger partial charge in [-0.15, -0.1) is 11.6 Å². The summed E-state index contributed by atoms with van der Waals surface area (Å²) in [6, 6.07) is 6.80. The SMILES string of the molecule is CCCc1cc(C(=O)CCl)cc2ccc(=O)[nH]c12. The number of carbonyl (C=O) groups excluding carboxylic acids is 1. The maximum absolute atomic E-state index is 11.7. The number of rotatable bonds is 4. The number of aromatic nitrogens is 1. The average molecular weight is 264 g/mol. The Balaban J connectivity index is 2.69. The molecule has 1 aromatic carbocycles. The lowest BCUT2D eigenvalue weighted by Crippen LogP contribution is -2.07. The molecule has 0 fully saturated rings. The molecule has 0 atom stereocenters. The van der Waals surface area contributed by atoms with E-state index in [9.17, 15) is 9.59 Å². The third-order valence-electron chi connectivity index (χ3n) is 2.88. The van der Waals surface area contributed by atoms with Crippen LogP contribution in [0.25, 0.3) is 10.9 Å². The van der Waals surface area contributed by atoms with Gasteiger partial charge in [-0.05, 0) is 35.6 Å². The number of benzene rings is 1. The number of fused-ring (bicyclic) bond motifs is 1. The van der Waals surface area contributed by atoms with E-state index in [1.807, 2.05) is 6.07 Å². The van der Waals surface area contributed by atoms with Crippen LogP contribution in [0.1, 0.15) is 29.3 Å². The molecule has 0 unspecified atom stereocenters. The zero-order valence-electron chi connectivity index (χ0n) is 10.1. The van der Waals surface area contributed by atoms with Crippen molar-refractivity contribution in [3.63, 3.8) is 0 Å². The van der Waals surface area contributed by atoms with Crippen molar-refractivity contribution in [1.82, 2.24) is 4.98 Å². The first kappa shape index (κ1) is 12.8. The van der Waals surface area contributed by atoms with E-state index in [-0.39, 0.29) is 17.2 Å². The van der Waals surface area contributed by atoms with E-state index in [4.69, 9.17) is 11.6 Å². The number of pyridine rings is 1. The maximum Gasteiger partial charge on any atom is 0.248 e. The summed E-state index contributed by atoms with van der Waals surface area (Å²) in [5, 5.41) is 0.869. The van der Waals surface area contributed by atoms with Crippen molar-refractivity contribution in [3.8, 4) is 0 Å². The lowest BCUT2D eigenvalue weighted by molar-refractivity contribution is 0.102. The smallest absolute Gasteiger partial charge is 0.248 e. The lowest BCUT2D eigenvalue weighted by atomic mass is 10.00. The number of ketones is 1. The number of nitrogens with one attached hydrogen (secondary N) is 1. The molecule has 94 valence electrons. The normalized spacial score (nSPS) is 10.8. The minimum Gasteiger partial charge on any atom is -0.322 e. The highest BCUT2D eigenvalue weighted by Gasteiger charge is 2.09. The molecule has 1 aromatic heterocycles. The fourth-order valence-electron chi connectivity index (χ4n) is 2.05. The maximum atomic E-state index is 11.7. The Morgan fingerprint density at radius 2 is 2.11 bits per heavy atom. The molecule has 2 rings (SSSR count). The molecule has 0 aliphatic rings. The number of hydrogen-bond donors (Lipinski definition) is 1. The van der Waals surface area contributed by atoms with Crippen molar-refractivity contribution in [3.05, 3.63) is 45.7 Å². The first-order chi connectivity index (χ1) is 8.65. The van der Waals surface area contributed by atoms with Gasteiger partial charge >= 0.3 is 0 Å². The van der Waals surface area contributed by atoms with E-state index in [2.05, 4.69) is 11.9 Å². The second kappa shape index (κ2) is 5.36. The van der Waals surface area contributed by atoms with Crippen LogP contribution in [0, 0.1) is 0 Å². The van der Waals surface area contributed by atoms with Crippen molar-refractivity contribution in [2.75, 3.05) is 5.88 Å². The highest BCUT2D eigenvalue weighted by Crippen LogP contribution is 2.20. The van der Waals surface area contributed by atoms with E-state index in [1.165, 1.54) is 6.07 Å². The monoisotopic (exact) mass is 263 g/mol. The summed E-state index contributed by atoms with van der Waals surface area (Å²) in [6.45, 7) is 2.06. The van der Waals surface area contributed by atoms with Gasteiger partial charge in [0.05, 0.1) is 11.4 Å². The Hall–Kier alpha value is -1.61. The Morgan fingerprint density at radius 3 is 2.78 bits per heavy atom. The summed E-state index contributed by atoms with van der Waals surface area (Å²) in [4.78, 5) is 25.9. The standard InChI is InChI=1S/C14H14ClNO2/c1-2-3-9-6-11(12(17)8-15)7-10-4-5-13(18)16-14(9)10/h4-7H,2-3,8H2,1H3,(H,16,18). The van der Waals surface area contributed by atoms with Crippen molar-refractivity contribution < 1.29 is 4.79 Å². The van der Waals surface area contributed by atoms with E-state index in [1.54, 1.807) is 12.1 Å². The molecule has 2 aromatic rings. The van der Waals surface area contributed by atoms with E-state index >= 15 is 0 Å². The van der Waals surface area contributed by atoms with Crippen molar-refractivity contribution >= 4 is 28.3 Å². The Bertz CT molecular complexity index is 646. The number of hydrogen-bond acceptors (Lipinski definition) is 2. The van der Waals surface area contributed by atoms with Crippen molar-refractivity contribution in [2.45, 2.75) is 19.8 Å².